The highest BCUT2D eigenvalue weighted by Gasteiger charge is 2.16. The molecule has 1 amide bonds. The first-order chi connectivity index (χ1) is 11.9. The van der Waals surface area contributed by atoms with Crippen molar-refractivity contribution in [3.05, 3.63) is 63.2 Å². The number of anilines is 3. The number of rotatable bonds is 4. The number of carbonyl (C=O) groups excluding carboxylic acids is 1. The van der Waals surface area contributed by atoms with Gasteiger partial charge in [0.2, 0.25) is 0 Å². The molecular formula is C16H11BrF2N4OS. The molecule has 0 atom stereocenters. The smallest absolute Gasteiger partial charge is 0.267 e. The molecule has 5 nitrogen and oxygen atoms in total. The average molecular weight is 425 g/mol. The number of benzene rings is 1. The summed E-state index contributed by atoms with van der Waals surface area (Å²) in [6, 6.07) is 7.05. The van der Waals surface area contributed by atoms with Crippen LogP contribution in [0.1, 0.15) is 15.2 Å². The summed E-state index contributed by atoms with van der Waals surface area (Å²) in [4.78, 5) is 20.8. The molecule has 128 valence electrons. The Hall–Kier alpha value is -2.39. The van der Waals surface area contributed by atoms with Crippen LogP contribution in [0.4, 0.5) is 25.4 Å². The number of para-hydroxylation sites is 1. The Morgan fingerprint density at radius 3 is 2.64 bits per heavy atom. The summed E-state index contributed by atoms with van der Waals surface area (Å²) in [5.74, 6) is -1.74. The first kappa shape index (κ1) is 17.4. The SMILES string of the molecule is Cc1ccc(Br)nc1Nc1ncc(C(=O)Nc2c(F)cccc2F)s1. The molecule has 0 saturated carbocycles. The molecule has 0 aliphatic heterocycles. The minimum Gasteiger partial charge on any atom is -0.316 e. The molecule has 25 heavy (non-hydrogen) atoms. The Labute approximate surface area is 154 Å². The highest BCUT2D eigenvalue weighted by Crippen LogP contribution is 2.26. The van der Waals surface area contributed by atoms with Crippen LogP contribution in [0, 0.1) is 18.6 Å². The topological polar surface area (TPSA) is 66.9 Å². The summed E-state index contributed by atoms with van der Waals surface area (Å²) in [5.41, 5.74) is 0.415. The van der Waals surface area contributed by atoms with E-state index in [1.54, 1.807) is 0 Å². The van der Waals surface area contributed by atoms with E-state index in [0.29, 0.717) is 15.6 Å². The van der Waals surface area contributed by atoms with Gasteiger partial charge in [0.15, 0.2) is 5.13 Å². The molecule has 9 heteroatoms. The van der Waals surface area contributed by atoms with Crippen molar-refractivity contribution >= 4 is 49.8 Å². The van der Waals surface area contributed by atoms with E-state index in [-0.39, 0.29) is 4.88 Å². The third-order valence-corrected chi connectivity index (χ3v) is 4.57. The van der Waals surface area contributed by atoms with Gasteiger partial charge in [-0.25, -0.2) is 18.7 Å². The number of hydrogen-bond donors (Lipinski definition) is 2. The fourth-order valence-corrected chi connectivity index (χ4v) is 2.98. The van der Waals surface area contributed by atoms with E-state index in [2.05, 4.69) is 36.5 Å². The van der Waals surface area contributed by atoms with Gasteiger partial charge in [-0.05, 0) is 46.6 Å². The Morgan fingerprint density at radius 1 is 1.20 bits per heavy atom. The average Bonchev–Trinajstić information content (AvgIpc) is 3.03. The van der Waals surface area contributed by atoms with Crippen LogP contribution in [0.2, 0.25) is 0 Å². The minimum atomic E-state index is -0.842. The lowest BCUT2D eigenvalue weighted by Crippen LogP contribution is -2.12. The van der Waals surface area contributed by atoms with Crippen molar-refractivity contribution in [2.75, 3.05) is 10.6 Å². The summed E-state index contributed by atoms with van der Waals surface area (Å²) in [5, 5.41) is 5.67. The van der Waals surface area contributed by atoms with Gasteiger partial charge in [-0.15, -0.1) is 0 Å². The van der Waals surface area contributed by atoms with Crippen LogP contribution in [-0.2, 0) is 0 Å². The number of aryl methyl sites for hydroxylation is 1. The molecule has 0 unspecified atom stereocenters. The highest BCUT2D eigenvalue weighted by molar-refractivity contribution is 9.10. The van der Waals surface area contributed by atoms with Crippen molar-refractivity contribution in [2.24, 2.45) is 0 Å². The van der Waals surface area contributed by atoms with Crippen LogP contribution in [0.15, 0.2) is 41.1 Å². The van der Waals surface area contributed by atoms with Crippen molar-refractivity contribution in [1.29, 1.82) is 0 Å². The van der Waals surface area contributed by atoms with Gasteiger partial charge in [0.05, 0.1) is 6.20 Å². The molecule has 3 rings (SSSR count). The Balaban J connectivity index is 1.77. The van der Waals surface area contributed by atoms with E-state index in [9.17, 15) is 13.6 Å². The van der Waals surface area contributed by atoms with Crippen LogP contribution in [0.5, 0.6) is 0 Å². The number of nitrogens with zero attached hydrogens (tertiary/aromatic N) is 2. The van der Waals surface area contributed by atoms with Gasteiger partial charge in [0.1, 0.15) is 32.6 Å². The van der Waals surface area contributed by atoms with E-state index in [1.807, 2.05) is 19.1 Å². The lowest BCUT2D eigenvalue weighted by Gasteiger charge is -2.06. The monoisotopic (exact) mass is 424 g/mol. The summed E-state index contributed by atoms with van der Waals surface area (Å²) in [6.07, 6.45) is 1.33. The molecule has 1 aromatic carbocycles. The van der Waals surface area contributed by atoms with E-state index >= 15 is 0 Å². The second-order valence-corrected chi connectivity index (χ2v) is 6.85. The summed E-state index contributed by atoms with van der Waals surface area (Å²) >= 11 is 4.33. The van der Waals surface area contributed by atoms with E-state index in [0.717, 1.165) is 29.0 Å². The predicted molar refractivity (Wildman–Crippen MR) is 96.4 cm³/mol. The minimum absolute atomic E-state index is 0.206. The van der Waals surface area contributed by atoms with Gasteiger partial charge in [0.25, 0.3) is 5.91 Å². The first-order valence-electron chi connectivity index (χ1n) is 7.05. The van der Waals surface area contributed by atoms with Gasteiger partial charge in [-0.2, -0.15) is 0 Å². The van der Waals surface area contributed by atoms with Gasteiger partial charge < -0.3 is 10.6 Å². The zero-order valence-electron chi connectivity index (χ0n) is 12.8. The van der Waals surface area contributed by atoms with Gasteiger partial charge in [-0.1, -0.05) is 23.5 Å². The molecule has 0 aliphatic carbocycles. The van der Waals surface area contributed by atoms with E-state index in [4.69, 9.17) is 0 Å². The molecule has 0 aliphatic rings. The van der Waals surface area contributed by atoms with Crippen molar-refractivity contribution in [3.63, 3.8) is 0 Å². The lowest BCUT2D eigenvalue weighted by molar-refractivity contribution is 0.102. The molecule has 0 spiro atoms. The quantitative estimate of drug-likeness (QED) is 0.585. The second-order valence-electron chi connectivity index (χ2n) is 5.00. The molecule has 2 aromatic heterocycles. The van der Waals surface area contributed by atoms with Crippen LogP contribution in [-0.4, -0.2) is 15.9 Å². The number of halogens is 3. The number of aromatic nitrogens is 2. The molecule has 0 radical (unpaired) electrons. The maximum atomic E-state index is 13.6. The number of amides is 1. The van der Waals surface area contributed by atoms with E-state index in [1.165, 1.54) is 12.3 Å². The third kappa shape index (κ3) is 3.99. The van der Waals surface area contributed by atoms with Crippen molar-refractivity contribution in [3.8, 4) is 0 Å². The largest absolute Gasteiger partial charge is 0.316 e. The maximum Gasteiger partial charge on any atom is 0.267 e. The molecule has 2 N–H and O–H groups in total. The highest BCUT2D eigenvalue weighted by atomic mass is 79.9. The standard InChI is InChI=1S/C16H11BrF2N4OS/c1-8-5-6-12(17)21-14(8)23-16-20-7-11(25-16)15(24)22-13-9(18)3-2-4-10(13)19/h2-7H,1H3,(H,22,24)(H,20,21,23). The van der Waals surface area contributed by atoms with Crippen LogP contribution in [0.3, 0.4) is 0 Å². The molecule has 3 aromatic rings. The summed E-state index contributed by atoms with van der Waals surface area (Å²) in [7, 11) is 0. The Kier molecular flexibility index (Phi) is 5.05. The molecule has 0 saturated heterocycles. The van der Waals surface area contributed by atoms with E-state index < -0.39 is 23.2 Å². The lowest BCUT2D eigenvalue weighted by atomic mass is 10.3. The molecule has 2 heterocycles. The fourth-order valence-electron chi connectivity index (χ4n) is 1.96. The fraction of sp³-hybridized carbons (Fsp3) is 0.0625. The first-order valence-corrected chi connectivity index (χ1v) is 8.66. The van der Waals surface area contributed by atoms with Gasteiger partial charge >= 0.3 is 0 Å². The van der Waals surface area contributed by atoms with Crippen LogP contribution < -0.4 is 10.6 Å². The Morgan fingerprint density at radius 2 is 1.92 bits per heavy atom. The Bertz CT molecular complexity index is 927. The zero-order chi connectivity index (χ0) is 18.0. The van der Waals surface area contributed by atoms with Crippen molar-refractivity contribution in [2.45, 2.75) is 6.92 Å². The predicted octanol–water partition coefficient (Wildman–Crippen LogP) is 4.88. The number of nitrogens with one attached hydrogen (secondary N) is 2. The number of thiazole rings is 1. The molecule has 0 bridgehead atoms. The van der Waals surface area contributed by atoms with Crippen molar-refractivity contribution < 1.29 is 13.6 Å². The summed E-state index contributed by atoms with van der Waals surface area (Å²) in [6.45, 7) is 1.88. The van der Waals surface area contributed by atoms with Gasteiger partial charge in [-0.3, -0.25) is 4.79 Å². The third-order valence-electron chi connectivity index (χ3n) is 3.22. The maximum absolute atomic E-state index is 13.6. The van der Waals surface area contributed by atoms with Gasteiger partial charge in [0, 0.05) is 0 Å². The number of pyridine rings is 1. The number of carbonyl (C=O) groups is 1. The molecule has 0 fully saturated rings. The van der Waals surface area contributed by atoms with Crippen LogP contribution in [0.25, 0.3) is 0 Å². The molecular weight excluding hydrogens is 414 g/mol. The van der Waals surface area contributed by atoms with Crippen LogP contribution >= 0.6 is 27.3 Å². The zero-order valence-corrected chi connectivity index (χ0v) is 15.2. The summed E-state index contributed by atoms with van der Waals surface area (Å²) < 4.78 is 27.9. The second kappa shape index (κ2) is 7.24. The normalized spacial score (nSPS) is 10.6. The number of hydrogen-bond acceptors (Lipinski definition) is 5. The van der Waals surface area contributed by atoms with Crippen molar-refractivity contribution in [1.82, 2.24) is 9.97 Å².